The first-order valence-corrected chi connectivity index (χ1v) is 9.73. The standard InChI is InChI=1S/C20H19ClN2O3S/c1-3-25-16-10-5-13(17(12-16)26-4-2)11-18-19(24)23-20(27-18)22-15-8-6-14(21)7-9-15/h5-12H,3-4H2,1-2H3,(H,22,23,24)/b18-11-. The fourth-order valence-corrected chi connectivity index (χ4v) is 3.38. The van der Waals surface area contributed by atoms with Gasteiger partial charge in [0.25, 0.3) is 5.91 Å². The van der Waals surface area contributed by atoms with E-state index in [1.165, 1.54) is 11.8 Å². The van der Waals surface area contributed by atoms with Gasteiger partial charge in [-0.1, -0.05) is 11.6 Å². The molecule has 1 amide bonds. The van der Waals surface area contributed by atoms with Gasteiger partial charge in [0, 0.05) is 16.7 Å². The van der Waals surface area contributed by atoms with Crippen LogP contribution in [0.2, 0.25) is 5.02 Å². The molecule has 1 fully saturated rings. The average Bonchev–Trinajstić information content (AvgIpc) is 2.99. The van der Waals surface area contributed by atoms with E-state index in [1.807, 2.05) is 32.0 Å². The highest BCUT2D eigenvalue weighted by Crippen LogP contribution is 2.32. The Labute approximate surface area is 167 Å². The van der Waals surface area contributed by atoms with Gasteiger partial charge in [0.05, 0.1) is 23.8 Å². The fraction of sp³-hybridized carbons (Fsp3) is 0.200. The molecular weight excluding hydrogens is 384 g/mol. The third-order valence-electron chi connectivity index (χ3n) is 3.59. The van der Waals surface area contributed by atoms with Gasteiger partial charge in [-0.2, -0.15) is 0 Å². The van der Waals surface area contributed by atoms with E-state index in [0.717, 1.165) is 17.0 Å². The Kier molecular flexibility index (Phi) is 6.42. The molecule has 1 heterocycles. The van der Waals surface area contributed by atoms with Crippen LogP contribution in [-0.4, -0.2) is 24.3 Å². The molecule has 140 valence electrons. The van der Waals surface area contributed by atoms with Crippen molar-refractivity contribution in [2.45, 2.75) is 13.8 Å². The molecule has 3 rings (SSSR count). The first kappa shape index (κ1) is 19.3. The van der Waals surface area contributed by atoms with Crippen molar-refractivity contribution in [1.29, 1.82) is 0 Å². The van der Waals surface area contributed by atoms with Crippen molar-refractivity contribution in [3.63, 3.8) is 0 Å². The number of thioether (sulfide) groups is 1. The predicted octanol–water partition coefficient (Wildman–Crippen LogP) is 5.03. The summed E-state index contributed by atoms with van der Waals surface area (Å²) >= 11 is 7.17. The van der Waals surface area contributed by atoms with Gasteiger partial charge < -0.3 is 14.8 Å². The van der Waals surface area contributed by atoms with Gasteiger partial charge in [-0.15, -0.1) is 0 Å². The maximum absolute atomic E-state index is 12.3. The molecule has 27 heavy (non-hydrogen) atoms. The molecule has 2 aromatic rings. The summed E-state index contributed by atoms with van der Waals surface area (Å²) in [6.07, 6.45) is 1.80. The van der Waals surface area contributed by atoms with Gasteiger partial charge in [0.1, 0.15) is 11.5 Å². The summed E-state index contributed by atoms with van der Waals surface area (Å²) in [6, 6.07) is 12.7. The van der Waals surface area contributed by atoms with Crippen LogP contribution in [0, 0.1) is 0 Å². The van der Waals surface area contributed by atoms with Crippen molar-refractivity contribution in [1.82, 2.24) is 5.32 Å². The van der Waals surface area contributed by atoms with Crippen LogP contribution < -0.4 is 14.8 Å². The third-order valence-corrected chi connectivity index (χ3v) is 4.75. The minimum absolute atomic E-state index is 0.191. The van der Waals surface area contributed by atoms with Crippen molar-refractivity contribution < 1.29 is 14.3 Å². The van der Waals surface area contributed by atoms with E-state index in [0.29, 0.717) is 34.1 Å². The molecule has 1 aliphatic heterocycles. The molecule has 0 aliphatic carbocycles. The zero-order valence-corrected chi connectivity index (χ0v) is 16.6. The quantitative estimate of drug-likeness (QED) is 0.688. The minimum atomic E-state index is -0.191. The molecule has 0 atom stereocenters. The van der Waals surface area contributed by atoms with Crippen LogP contribution in [0.3, 0.4) is 0 Å². The fourth-order valence-electron chi connectivity index (χ4n) is 2.43. The number of amides is 1. The molecule has 0 saturated carbocycles. The lowest BCUT2D eigenvalue weighted by molar-refractivity contribution is -0.115. The summed E-state index contributed by atoms with van der Waals surface area (Å²) in [5, 5.41) is 3.94. The molecule has 1 N–H and O–H groups in total. The number of nitrogens with one attached hydrogen (secondary N) is 1. The van der Waals surface area contributed by atoms with Gasteiger partial charge in [-0.3, -0.25) is 4.79 Å². The average molecular weight is 403 g/mol. The van der Waals surface area contributed by atoms with Gasteiger partial charge in [0.2, 0.25) is 0 Å². The zero-order valence-electron chi connectivity index (χ0n) is 15.0. The predicted molar refractivity (Wildman–Crippen MR) is 111 cm³/mol. The highest BCUT2D eigenvalue weighted by atomic mass is 35.5. The van der Waals surface area contributed by atoms with Crippen LogP contribution in [0.1, 0.15) is 19.4 Å². The van der Waals surface area contributed by atoms with E-state index in [1.54, 1.807) is 30.3 Å². The SMILES string of the molecule is CCOc1ccc(/C=C2\SC(=Nc3ccc(Cl)cc3)NC2=O)c(OCC)c1. The minimum Gasteiger partial charge on any atom is -0.494 e. The molecule has 0 unspecified atom stereocenters. The maximum Gasteiger partial charge on any atom is 0.264 e. The highest BCUT2D eigenvalue weighted by Gasteiger charge is 2.24. The summed E-state index contributed by atoms with van der Waals surface area (Å²) in [5.74, 6) is 1.22. The van der Waals surface area contributed by atoms with E-state index < -0.39 is 0 Å². The number of rotatable bonds is 6. The van der Waals surface area contributed by atoms with Crippen LogP contribution in [-0.2, 0) is 4.79 Å². The monoisotopic (exact) mass is 402 g/mol. The third kappa shape index (κ3) is 5.05. The Morgan fingerprint density at radius 2 is 1.85 bits per heavy atom. The van der Waals surface area contributed by atoms with Gasteiger partial charge in [-0.25, -0.2) is 4.99 Å². The van der Waals surface area contributed by atoms with Gasteiger partial charge >= 0.3 is 0 Å². The number of amidine groups is 1. The maximum atomic E-state index is 12.3. The Balaban J connectivity index is 1.84. The number of benzene rings is 2. The number of carbonyl (C=O) groups is 1. The first-order valence-electron chi connectivity index (χ1n) is 8.54. The molecule has 5 nitrogen and oxygen atoms in total. The second-order valence-electron chi connectivity index (χ2n) is 5.52. The van der Waals surface area contributed by atoms with Gasteiger partial charge in [0.15, 0.2) is 5.17 Å². The van der Waals surface area contributed by atoms with Crippen LogP contribution in [0.5, 0.6) is 11.5 Å². The van der Waals surface area contributed by atoms with E-state index in [9.17, 15) is 4.79 Å². The Bertz CT molecular complexity index is 895. The summed E-state index contributed by atoms with van der Waals surface area (Å²) in [5.41, 5.74) is 1.53. The smallest absolute Gasteiger partial charge is 0.264 e. The van der Waals surface area contributed by atoms with Crippen molar-refractivity contribution >= 4 is 46.2 Å². The Morgan fingerprint density at radius 1 is 1.11 bits per heavy atom. The highest BCUT2D eigenvalue weighted by molar-refractivity contribution is 8.18. The number of halogens is 1. The van der Waals surface area contributed by atoms with Crippen molar-refractivity contribution in [3.05, 3.63) is 58.0 Å². The summed E-state index contributed by atoms with van der Waals surface area (Å²) in [6.45, 7) is 4.94. The zero-order chi connectivity index (χ0) is 19.2. The summed E-state index contributed by atoms with van der Waals surface area (Å²) < 4.78 is 11.2. The number of hydrogen-bond donors (Lipinski definition) is 1. The molecule has 0 radical (unpaired) electrons. The van der Waals surface area contributed by atoms with E-state index in [4.69, 9.17) is 21.1 Å². The largest absolute Gasteiger partial charge is 0.494 e. The van der Waals surface area contributed by atoms with Gasteiger partial charge in [-0.05, 0) is 68.1 Å². The first-order chi connectivity index (χ1) is 13.1. The van der Waals surface area contributed by atoms with Crippen LogP contribution >= 0.6 is 23.4 Å². The summed E-state index contributed by atoms with van der Waals surface area (Å²) in [7, 11) is 0. The molecule has 1 aliphatic rings. The lowest BCUT2D eigenvalue weighted by Crippen LogP contribution is -2.19. The second kappa shape index (κ2) is 8.97. The number of ether oxygens (including phenoxy) is 2. The molecule has 0 aromatic heterocycles. The van der Waals surface area contributed by atoms with Crippen molar-refractivity contribution in [2.75, 3.05) is 13.2 Å². The normalized spacial score (nSPS) is 16.6. The second-order valence-corrected chi connectivity index (χ2v) is 6.99. The van der Waals surface area contributed by atoms with Crippen LogP contribution in [0.25, 0.3) is 6.08 Å². The van der Waals surface area contributed by atoms with Crippen molar-refractivity contribution in [3.8, 4) is 11.5 Å². The number of aliphatic imine (C=N–C) groups is 1. The summed E-state index contributed by atoms with van der Waals surface area (Å²) in [4.78, 5) is 17.3. The van der Waals surface area contributed by atoms with E-state index >= 15 is 0 Å². The lowest BCUT2D eigenvalue weighted by Gasteiger charge is -2.10. The topological polar surface area (TPSA) is 59.9 Å². The Hall–Kier alpha value is -2.44. The molecule has 7 heteroatoms. The molecule has 0 spiro atoms. The number of nitrogens with zero attached hydrogens (tertiary/aromatic N) is 1. The van der Waals surface area contributed by atoms with Crippen LogP contribution in [0.15, 0.2) is 52.4 Å². The number of carbonyl (C=O) groups excluding carboxylic acids is 1. The van der Waals surface area contributed by atoms with Crippen molar-refractivity contribution in [2.24, 2.45) is 4.99 Å². The lowest BCUT2D eigenvalue weighted by atomic mass is 10.1. The Morgan fingerprint density at radius 3 is 2.56 bits per heavy atom. The molecule has 0 bridgehead atoms. The van der Waals surface area contributed by atoms with Crippen LogP contribution in [0.4, 0.5) is 5.69 Å². The molecule has 2 aromatic carbocycles. The van der Waals surface area contributed by atoms with E-state index in [-0.39, 0.29) is 5.91 Å². The molecule has 1 saturated heterocycles. The number of hydrogen-bond acceptors (Lipinski definition) is 5. The molecular formula is C20H19ClN2O3S. The van der Waals surface area contributed by atoms with E-state index in [2.05, 4.69) is 10.3 Å².